The van der Waals surface area contributed by atoms with Crippen LogP contribution in [-0.4, -0.2) is 27.4 Å². The quantitative estimate of drug-likeness (QED) is 0.631. The van der Waals surface area contributed by atoms with Crippen molar-refractivity contribution >= 4 is 16.7 Å². The number of benzene rings is 2. The summed E-state index contributed by atoms with van der Waals surface area (Å²) >= 11 is 0. The first-order valence-electron chi connectivity index (χ1n) is 5.89. The number of carbonyl (C=O) groups is 1. The molecule has 19 heavy (non-hydrogen) atoms. The molecule has 0 bridgehead atoms. The number of hydrogen-bond donors (Lipinski definition) is 3. The molecule has 5 nitrogen and oxygen atoms in total. The van der Waals surface area contributed by atoms with E-state index in [0.29, 0.717) is 17.4 Å². The van der Waals surface area contributed by atoms with Crippen LogP contribution in [0.25, 0.3) is 10.8 Å². The van der Waals surface area contributed by atoms with Crippen molar-refractivity contribution in [3.63, 3.8) is 0 Å². The monoisotopic (exact) mass is 260 g/mol. The fraction of sp³-hybridized carbons (Fsp3) is 0.214. The van der Waals surface area contributed by atoms with Crippen LogP contribution in [0.2, 0.25) is 0 Å². The van der Waals surface area contributed by atoms with Gasteiger partial charge >= 0.3 is 5.97 Å². The maximum Gasteiger partial charge on any atom is 0.342 e. The third-order valence-corrected chi connectivity index (χ3v) is 3.28. The van der Waals surface area contributed by atoms with E-state index in [2.05, 4.69) is 0 Å². The molecule has 1 aliphatic heterocycles. The van der Waals surface area contributed by atoms with Crippen LogP contribution in [-0.2, 0) is 11.2 Å². The van der Waals surface area contributed by atoms with Crippen molar-refractivity contribution in [2.24, 2.45) is 0 Å². The highest BCUT2D eigenvalue weighted by atomic mass is 16.5. The number of cyclic esters (lactones) is 1. The zero-order chi connectivity index (χ0) is 13.7. The first-order valence-corrected chi connectivity index (χ1v) is 5.89. The Morgan fingerprint density at radius 1 is 1.21 bits per heavy atom. The van der Waals surface area contributed by atoms with Crippen LogP contribution in [0.3, 0.4) is 0 Å². The number of fused-ring (bicyclic) bond motifs is 2. The Balaban J connectivity index is 2.40. The Morgan fingerprint density at radius 3 is 2.68 bits per heavy atom. The van der Waals surface area contributed by atoms with E-state index in [-0.39, 0.29) is 34.3 Å². The fourth-order valence-electron chi connectivity index (χ4n) is 2.52. The average molecular weight is 260 g/mol. The second kappa shape index (κ2) is 3.78. The molecule has 0 aromatic heterocycles. The van der Waals surface area contributed by atoms with Gasteiger partial charge in [-0.25, -0.2) is 4.79 Å². The first kappa shape index (κ1) is 11.6. The minimum Gasteiger partial charge on any atom is -0.508 e. The minimum absolute atomic E-state index is 0.0894. The van der Waals surface area contributed by atoms with Gasteiger partial charge in [-0.2, -0.15) is 0 Å². The van der Waals surface area contributed by atoms with Crippen molar-refractivity contribution in [2.45, 2.75) is 19.4 Å². The predicted molar refractivity (Wildman–Crippen MR) is 67.5 cm³/mol. The lowest BCUT2D eigenvalue weighted by Crippen LogP contribution is -2.25. The minimum atomic E-state index is -0.597. The van der Waals surface area contributed by atoms with Gasteiger partial charge in [0.25, 0.3) is 0 Å². The molecule has 3 rings (SSSR count). The van der Waals surface area contributed by atoms with E-state index in [9.17, 15) is 20.1 Å². The summed E-state index contributed by atoms with van der Waals surface area (Å²) in [6, 6.07) is 4.23. The average Bonchev–Trinajstić information content (AvgIpc) is 2.25. The molecule has 0 fully saturated rings. The van der Waals surface area contributed by atoms with Crippen LogP contribution in [0.5, 0.6) is 17.2 Å². The van der Waals surface area contributed by atoms with Gasteiger partial charge in [-0.1, -0.05) is 0 Å². The molecule has 1 heterocycles. The standard InChI is InChI=1S/C14H12O5/c1-6-2-7-3-8-4-9(15)5-10(16)11(8)13(17)12(7)14(18)19-6/h3-6,15-17H,2H2,1H3/t6-/m1/s1. The molecule has 0 saturated heterocycles. The molecule has 2 aromatic carbocycles. The molecule has 2 aromatic rings. The zero-order valence-corrected chi connectivity index (χ0v) is 10.2. The number of phenolic OH excluding ortho intramolecular Hbond substituents is 3. The van der Waals surface area contributed by atoms with Crippen LogP contribution >= 0.6 is 0 Å². The number of carbonyl (C=O) groups excluding carboxylic acids is 1. The summed E-state index contributed by atoms with van der Waals surface area (Å²) in [7, 11) is 0. The van der Waals surface area contributed by atoms with Crippen LogP contribution < -0.4 is 0 Å². The van der Waals surface area contributed by atoms with Gasteiger partial charge in [0.1, 0.15) is 28.9 Å². The SMILES string of the molecule is C[C@@H]1Cc2cc3cc(O)cc(O)c3c(O)c2C(=O)O1. The van der Waals surface area contributed by atoms with E-state index in [4.69, 9.17) is 4.74 Å². The number of hydrogen-bond acceptors (Lipinski definition) is 5. The predicted octanol–water partition coefficient (Wildman–Crippen LogP) is 2.06. The number of esters is 1. The smallest absolute Gasteiger partial charge is 0.342 e. The lowest BCUT2D eigenvalue weighted by atomic mass is 9.93. The number of rotatable bonds is 0. The molecule has 5 heteroatoms. The van der Waals surface area contributed by atoms with Crippen LogP contribution in [0.15, 0.2) is 18.2 Å². The largest absolute Gasteiger partial charge is 0.508 e. The van der Waals surface area contributed by atoms with E-state index in [0.717, 1.165) is 6.07 Å². The summed E-state index contributed by atoms with van der Waals surface area (Å²) in [5, 5.41) is 30.1. The highest BCUT2D eigenvalue weighted by molar-refractivity contribution is 6.05. The molecule has 1 atom stereocenters. The third kappa shape index (κ3) is 1.66. The first-order chi connectivity index (χ1) is 8.97. The van der Waals surface area contributed by atoms with Crippen molar-refractivity contribution < 1.29 is 24.9 Å². The summed E-state index contributed by atoms with van der Waals surface area (Å²) in [4.78, 5) is 11.8. The summed E-state index contributed by atoms with van der Waals surface area (Å²) < 4.78 is 5.08. The van der Waals surface area contributed by atoms with Crippen molar-refractivity contribution in [2.75, 3.05) is 0 Å². The lowest BCUT2D eigenvalue weighted by molar-refractivity contribution is 0.0298. The Labute approximate surface area is 108 Å². The summed E-state index contributed by atoms with van der Waals surface area (Å²) in [5.41, 5.74) is 0.741. The van der Waals surface area contributed by atoms with Gasteiger partial charge in [0.05, 0.1) is 5.39 Å². The molecule has 0 radical (unpaired) electrons. The Kier molecular flexibility index (Phi) is 2.32. The van der Waals surface area contributed by atoms with E-state index >= 15 is 0 Å². The van der Waals surface area contributed by atoms with Crippen LogP contribution in [0.4, 0.5) is 0 Å². The fourth-order valence-corrected chi connectivity index (χ4v) is 2.52. The van der Waals surface area contributed by atoms with Crippen molar-refractivity contribution in [3.8, 4) is 17.2 Å². The van der Waals surface area contributed by atoms with E-state index in [1.807, 2.05) is 0 Å². The number of aromatic hydroxyl groups is 3. The Bertz CT molecular complexity index is 705. The van der Waals surface area contributed by atoms with Crippen LogP contribution in [0, 0.1) is 0 Å². The summed E-state index contributed by atoms with van der Waals surface area (Å²) in [6.07, 6.45) is 0.226. The highest BCUT2D eigenvalue weighted by Crippen LogP contribution is 2.41. The normalized spacial score (nSPS) is 18.2. The highest BCUT2D eigenvalue weighted by Gasteiger charge is 2.29. The molecule has 1 aliphatic rings. The van der Waals surface area contributed by atoms with E-state index in [1.54, 1.807) is 13.0 Å². The molecule has 3 N–H and O–H groups in total. The van der Waals surface area contributed by atoms with E-state index < -0.39 is 5.97 Å². The number of ether oxygens (including phenoxy) is 1. The molecule has 98 valence electrons. The van der Waals surface area contributed by atoms with Crippen molar-refractivity contribution in [3.05, 3.63) is 29.3 Å². The molecule has 0 unspecified atom stereocenters. The second-order valence-corrected chi connectivity index (χ2v) is 4.74. The molecular formula is C14H12O5. The molecule has 0 spiro atoms. The zero-order valence-electron chi connectivity index (χ0n) is 10.2. The topological polar surface area (TPSA) is 87.0 Å². The van der Waals surface area contributed by atoms with Gasteiger partial charge in [-0.05, 0) is 30.0 Å². The molecule has 0 aliphatic carbocycles. The van der Waals surface area contributed by atoms with Gasteiger partial charge in [0.15, 0.2) is 0 Å². The second-order valence-electron chi connectivity index (χ2n) is 4.74. The van der Waals surface area contributed by atoms with Gasteiger partial charge in [-0.3, -0.25) is 0 Å². The summed E-state index contributed by atoms with van der Waals surface area (Å²) in [6.45, 7) is 1.77. The number of phenols is 3. The van der Waals surface area contributed by atoms with Crippen molar-refractivity contribution in [1.29, 1.82) is 0 Å². The third-order valence-electron chi connectivity index (χ3n) is 3.28. The van der Waals surface area contributed by atoms with Gasteiger partial charge in [-0.15, -0.1) is 0 Å². The maximum absolute atomic E-state index is 11.8. The van der Waals surface area contributed by atoms with E-state index in [1.165, 1.54) is 6.07 Å². The lowest BCUT2D eigenvalue weighted by Gasteiger charge is -2.23. The van der Waals surface area contributed by atoms with Gasteiger partial charge in [0.2, 0.25) is 0 Å². The van der Waals surface area contributed by atoms with Crippen LogP contribution in [0.1, 0.15) is 22.8 Å². The molecule has 0 amide bonds. The Hall–Kier alpha value is -2.43. The maximum atomic E-state index is 11.8. The van der Waals surface area contributed by atoms with Crippen molar-refractivity contribution in [1.82, 2.24) is 0 Å². The summed E-state index contributed by atoms with van der Waals surface area (Å²) in [5.74, 6) is -1.28. The van der Waals surface area contributed by atoms with Gasteiger partial charge in [0, 0.05) is 12.5 Å². The Morgan fingerprint density at radius 2 is 1.95 bits per heavy atom. The molecule has 0 saturated carbocycles. The molecular weight excluding hydrogens is 248 g/mol. The van der Waals surface area contributed by atoms with Gasteiger partial charge < -0.3 is 20.1 Å².